The third-order valence-corrected chi connectivity index (χ3v) is 3.58. The van der Waals surface area contributed by atoms with Crippen LogP contribution in [0.2, 0.25) is 0 Å². The van der Waals surface area contributed by atoms with E-state index in [4.69, 9.17) is 5.73 Å². The maximum atomic E-state index is 11.2. The van der Waals surface area contributed by atoms with E-state index in [0.717, 1.165) is 17.6 Å². The molecule has 0 aromatic heterocycles. The highest BCUT2D eigenvalue weighted by atomic mass is 32.2. The summed E-state index contributed by atoms with van der Waals surface area (Å²) in [6.45, 7) is 2.48. The predicted octanol–water partition coefficient (Wildman–Crippen LogP) is 1.54. The summed E-state index contributed by atoms with van der Waals surface area (Å²) >= 11 is 0. The van der Waals surface area contributed by atoms with Crippen LogP contribution in [0.1, 0.15) is 12.5 Å². The second-order valence-electron chi connectivity index (χ2n) is 3.74. The van der Waals surface area contributed by atoms with Crippen LogP contribution in [0.5, 0.6) is 0 Å². The second kappa shape index (κ2) is 5.27. The lowest BCUT2D eigenvalue weighted by atomic mass is 10.1. The van der Waals surface area contributed by atoms with E-state index >= 15 is 0 Å². The third-order valence-electron chi connectivity index (χ3n) is 2.45. The molecule has 4 heteroatoms. The summed E-state index contributed by atoms with van der Waals surface area (Å²) < 4.78 is 22.5. The van der Waals surface area contributed by atoms with E-state index in [9.17, 15) is 8.42 Å². The van der Waals surface area contributed by atoms with Gasteiger partial charge in [0.25, 0.3) is 0 Å². The predicted molar refractivity (Wildman–Crippen MR) is 66.1 cm³/mol. The SMILES string of the molecule is C/C=C(\CN)Cc1ccc(S(C)(=O)=O)cc1. The Labute approximate surface area is 96.9 Å². The van der Waals surface area contributed by atoms with Gasteiger partial charge in [-0.05, 0) is 31.0 Å². The van der Waals surface area contributed by atoms with Crippen molar-refractivity contribution >= 4 is 9.84 Å². The number of hydrogen-bond donors (Lipinski definition) is 1. The number of sulfone groups is 1. The van der Waals surface area contributed by atoms with Crippen molar-refractivity contribution in [1.82, 2.24) is 0 Å². The molecule has 0 aliphatic carbocycles. The normalized spacial score (nSPS) is 12.8. The molecule has 0 saturated heterocycles. The van der Waals surface area contributed by atoms with Crippen molar-refractivity contribution in [2.24, 2.45) is 5.73 Å². The van der Waals surface area contributed by atoms with Gasteiger partial charge in [-0.25, -0.2) is 8.42 Å². The van der Waals surface area contributed by atoms with Gasteiger partial charge in [-0.3, -0.25) is 0 Å². The van der Waals surface area contributed by atoms with Gasteiger partial charge >= 0.3 is 0 Å². The molecule has 0 aliphatic heterocycles. The van der Waals surface area contributed by atoms with Crippen LogP contribution in [0, 0.1) is 0 Å². The first kappa shape index (κ1) is 12.9. The van der Waals surface area contributed by atoms with Crippen molar-refractivity contribution in [3.8, 4) is 0 Å². The Balaban J connectivity index is 2.88. The van der Waals surface area contributed by atoms with Crippen molar-refractivity contribution in [3.63, 3.8) is 0 Å². The zero-order chi connectivity index (χ0) is 12.2. The zero-order valence-electron chi connectivity index (χ0n) is 9.60. The van der Waals surface area contributed by atoms with E-state index < -0.39 is 9.84 Å². The number of benzene rings is 1. The van der Waals surface area contributed by atoms with Gasteiger partial charge in [-0.15, -0.1) is 0 Å². The third kappa shape index (κ3) is 3.47. The standard InChI is InChI=1S/C12H17NO2S/c1-3-10(9-13)8-11-4-6-12(7-5-11)16(2,14)15/h3-7H,8-9,13H2,1-2H3/b10-3-. The minimum absolute atomic E-state index is 0.353. The largest absolute Gasteiger partial charge is 0.327 e. The van der Waals surface area contributed by atoms with Crippen LogP contribution in [0.15, 0.2) is 40.8 Å². The monoisotopic (exact) mass is 239 g/mol. The first-order valence-electron chi connectivity index (χ1n) is 5.10. The number of hydrogen-bond acceptors (Lipinski definition) is 3. The molecule has 0 saturated carbocycles. The van der Waals surface area contributed by atoms with Crippen LogP contribution >= 0.6 is 0 Å². The summed E-state index contributed by atoms with van der Waals surface area (Å²) in [6.07, 6.45) is 3.97. The van der Waals surface area contributed by atoms with E-state index in [0.29, 0.717) is 11.4 Å². The summed E-state index contributed by atoms with van der Waals surface area (Å²) in [5, 5.41) is 0. The maximum Gasteiger partial charge on any atom is 0.175 e. The Hall–Kier alpha value is -1.13. The molecule has 2 N–H and O–H groups in total. The molecule has 0 spiro atoms. The summed E-state index contributed by atoms with van der Waals surface area (Å²) in [5.41, 5.74) is 7.79. The maximum absolute atomic E-state index is 11.2. The molecule has 0 fully saturated rings. The summed E-state index contributed by atoms with van der Waals surface area (Å²) in [5.74, 6) is 0. The van der Waals surface area contributed by atoms with Gasteiger partial charge in [-0.2, -0.15) is 0 Å². The molecule has 0 heterocycles. The van der Waals surface area contributed by atoms with Crippen LogP contribution < -0.4 is 5.73 Å². The van der Waals surface area contributed by atoms with Crippen molar-refractivity contribution < 1.29 is 8.42 Å². The molecule has 1 rings (SSSR count). The van der Waals surface area contributed by atoms with Gasteiger partial charge in [0.2, 0.25) is 0 Å². The summed E-state index contributed by atoms with van der Waals surface area (Å²) in [4.78, 5) is 0.353. The van der Waals surface area contributed by atoms with E-state index in [1.165, 1.54) is 6.26 Å². The second-order valence-corrected chi connectivity index (χ2v) is 5.76. The lowest BCUT2D eigenvalue weighted by Crippen LogP contribution is -2.05. The minimum Gasteiger partial charge on any atom is -0.327 e. The fraction of sp³-hybridized carbons (Fsp3) is 0.333. The van der Waals surface area contributed by atoms with Gasteiger partial charge in [0.15, 0.2) is 9.84 Å². The van der Waals surface area contributed by atoms with Crippen LogP contribution in [0.4, 0.5) is 0 Å². The molecule has 1 aromatic rings. The van der Waals surface area contributed by atoms with Gasteiger partial charge in [0.05, 0.1) is 4.90 Å². The summed E-state index contributed by atoms with van der Waals surface area (Å²) in [7, 11) is -3.10. The molecule has 0 radical (unpaired) electrons. The molecule has 0 atom stereocenters. The van der Waals surface area contributed by atoms with Crippen LogP contribution in [0.25, 0.3) is 0 Å². The highest BCUT2D eigenvalue weighted by Gasteiger charge is 2.06. The van der Waals surface area contributed by atoms with Gasteiger partial charge in [-0.1, -0.05) is 23.8 Å². The van der Waals surface area contributed by atoms with Crippen LogP contribution in [0.3, 0.4) is 0 Å². The molecule has 16 heavy (non-hydrogen) atoms. The highest BCUT2D eigenvalue weighted by Crippen LogP contribution is 2.13. The minimum atomic E-state index is -3.10. The average Bonchev–Trinajstić information content (AvgIpc) is 2.25. The van der Waals surface area contributed by atoms with Crippen LogP contribution in [-0.2, 0) is 16.3 Å². The molecule has 0 unspecified atom stereocenters. The van der Waals surface area contributed by atoms with E-state index in [-0.39, 0.29) is 0 Å². The van der Waals surface area contributed by atoms with Crippen molar-refractivity contribution in [3.05, 3.63) is 41.5 Å². The smallest absolute Gasteiger partial charge is 0.175 e. The van der Waals surface area contributed by atoms with Crippen molar-refractivity contribution in [2.45, 2.75) is 18.2 Å². The van der Waals surface area contributed by atoms with E-state index in [1.807, 2.05) is 25.1 Å². The Morgan fingerprint density at radius 1 is 1.31 bits per heavy atom. The lowest BCUT2D eigenvalue weighted by Gasteiger charge is -2.05. The Bertz CT molecular complexity index is 472. The van der Waals surface area contributed by atoms with E-state index in [1.54, 1.807) is 12.1 Å². The molecular weight excluding hydrogens is 222 g/mol. The zero-order valence-corrected chi connectivity index (χ0v) is 10.4. The molecular formula is C12H17NO2S. The van der Waals surface area contributed by atoms with Crippen molar-refractivity contribution in [1.29, 1.82) is 0 Å². The Morgan fingerprint density at radius 3 is 2.25 bits per heavy atom. The Kier molecular flexibility index (Phi) is 4.26. The number of nitrogens with two attached hydrogens (primary N) is 1. The highest BCUT2D eigenvalue weighted by molar-refractivity contribution is 7.90. The Morgan fingerprint density at radius 2 is 1.88 bits per heavy atom. The quantitative estimate of drug-likeness (QED) is 0.811. The van der Waals surface area contributed by atoms with Crippen molar-refractivity contribution in [2.75, 3.05) is 12.8 Å². The fourth-order valence-corrected chi connectivity index (χ4v) is 2.04. The number of rotatable bonds is 4. The molecule has 1 aromatic carbocycles. The van der Waals surface area contributed by atoms with Crippen LogP contribution in [-0.4, -0.2) is 21.2 Å². The molecule has 0 amide bonds. The molecule has 3 nitrogen and oxygen atoms in total. The molecule has 0 aliphatic rings. The molecule has 88 valence electrons. The van der Waals surface area contributed by atoms with Gasteiger partial charge in [0, 0.05) is 12.8 Å². The average molecular weight is 239 g/mol. The first-order valence-corrected chi connectivity index (χ1v) is 6.99. The summed E-state index contributed by atoms with van der Waals surface area (Å²) in [6, 6.07) is 6.92. The van der Waals surface area contributed by atoms with Gasteiger partial charge in [0.1, 0.15) is 0 Å². The molecule has 0 bridgehead atoms. The fourth-order valence-electron chi connectivity index (χ4n) is 1.41. The first-order chi connectivity index (χ1) is 7.47. The van der Waals surface area contributed by atoms with E-state index in [2.05, 4.69) is 0 Å². The lowest BCUT2D eigenvalue weighted by molar-refractivity contribution is 0.602. The topological polar surface area (TPSA) is 60.2 Å². The van der Waals surface area contributed by atoms with Gasteiger partial charge < -0.3 is 5.73 Å². The number of allylic oxidation sites excluding steroid dienone is 1.